The number of fused-ring (bicyclic) bond motifs is 15. The van der Waals surface area contributed by atoms with Crippen molar-refractivity contribution in [1.82, 2.24) is 0 Å². The molecule has 15 atom stereocenters. The van der Waals surface area contributed by atoms with Gasteiger partial charge in [-0.2, -0.15) is 0 Å². The molecule has 326 valence electrons. The maximum Gasteiger partial charge on any atom is 0.309 e. The number of aliphatic hydroxyl groups is 3. The average molecular weight is 813 g/mol. The summed E-state index contributed by atoms with van der Waals surface area (Å²) in [6, 6.07) is 0. The summed E-state index contributed by atoms with van der Waals surface area (Å²) >= 11 is 0. The lowest BCUT2D eigenvalue weighted by Gasteiger charge is -2.32. The van der Waals surface area contributed by atoms with Gasteiger partial charge in [-0.3, -0.25) is 14.4 Å². The van der Waals surface area contributed by atoms with E-state index in [4.69, 9.17) is 58.0 Å². The number of hydrogen-bond donors (Lipinski definition) is 3. The Hall–Kier alpha value is -1.95. The summed E-state index contributed by atoms with van der Waals surface area (Å²) in [4.78, 5) is 38.2. The highest BCUT2D eigenvalue weighted by molar-refractivity contribution is 5.75. The molecule has 3 heterocycles. The fourth-order valence-electron chi connectivity index (χ4n) is 10.8. The van der Waals surface area contributed by atoms with Crippen molar-refractivity contribution in [3.63, 3.8) is 0 Å². The van der Waals surface area contributed by atoms with Crippen LogP contribution >= 0.6 is 0 Å². The summed E-state index contributed by atoms with van der Waals surface area (Å²) in [5.74, 6) is 1.92. The van der Waals surface area contributed by atoms with E-state index in [0.29, 0.717) is 80.1 Å². The van der Waals surface area contributed by atoms with Gasteiger partial charge in [-0.05, 0) is 83.5 Å². The topological polar surface area (TPSA) is 205 Å². The maximum absolute atomic E-state index is 12.7. The smallest absolute Gasteiger partial charge is 0.309 e. The van der Waals surface area contributed by atoms with Crippen LogP contribution in [0, 0.1) is 58.7 Å². The first-order chi connectivity index (χ1) is 27.7. The van der Waals surface area contributed by atoms with E-state index >= 15 is 0 Å². The molecule has 3 N–H and O–H groups in total. The summed E-state index contributed by atoms with van der Waals surface area (Å²) < 4.78 is 52.1. The van der Waals surface area contributed by atoms with E-state index in [1.165, 1.54) is 0 Å². The highest BCUT2D eigenvalue weighted by Gasteiger charge is 2.66. The lowest BCUT2D eigenvalue weighted by molar-refractivity contribution is -0.153. The van der Waals surface area contributed by atoms with Crippen molar-refractivity contribution < 1.29 is 72.3 Å². The predicted molar refractivity (Wildman–Crippen MR) is 201 cm³/mol. The molecule has 3 saturated heterocycles. The van der Waals surface area contributed by atoms with E-state index in [0.717, 1.165) is 38.5 Å². The Morgan fingerprint density at radius 3 is 0.982 bits per heavy atom. The number of esters is 3. The molecule has 15 unspecified atom stereocenters. The molecular weight excluding hydrogens is 744 g/mol. The molecule has 0 spiro atoms. The van der Waals surface area contributed by atoms with Crippen molar-refractivity contribution in [2.24, 2.45) is 58.7 Å². The van der Waals surface area contributed by atoms with Gasteiger partial charge in [-0.25, -0.2) is 0 Å². The lowest BCUT2D eigenvalue weighted by Crippen LogP contribution is -2.38. The van der Waals surface area contributed by atoms with E-state index in [9.17, 15) is 14.4 Å². The Labute approximate surface area is 337 Å². The maximum atomic E-state index is 12.7. The van der Waals surface area contributed by atoms with Gasteiger partial charge < -0.3 is 58.0 Å². The van der Waals surface area contributed by atoms with Crippen LogP contribution in [0.5, 0.6) is 0 Å². The van der Waals surface area contributed by atoms with Crippen molar-refractivity contribution in [2.75, 3.05) is 79.3 Å². The molecule has 6 aliphatic carbocycles. The van der Waals surface area contributed by atoms with Gasteiger partial charge in [0.2, 0.25) is 0 Å². The molecule has 15 heteroatoms. The Balaban J connectivity index is 0.000000561. The van der Waals surface area contributed by atoms with E-state index in [-0.39, 0.29) is 113 Å². The first-order valence-electron chi connectivity index (χ1n) is 21.7. The minimum absolute atomic E-state index is 0.0518. The summed E-state index contributed by atoms with van der Waals surface area (Å²) in [6.07, 6.45) is 8.54. The van der Waals surface area contributed by atoms with Crippen molar-refractivity contribution in [2.45, 2.75) is 109 Å². The summed E-state index contributed by atoms with van der Waals surface area (Å²) in [7, 11) is 0. The standard InChI is InChI=1S/C36H50O12.3C2H6O/c1-2-36(15-40-3-6-43-33(37)24-12-18-9-21(24)30-27(18)46-30,16-41-4-7-44-34(38)25-13-19-10-22(25)31-28(19)47-31)17-42-5-8-45-35(39)26-14-20-11-23(26)32-29(20)48-32;3*1-2-3/h18-32H,2-17H2,1H3;3*3H,2H2,1H3. The van der Waals surface area contributed by atoms with Gasteiger partial charge in [0.1, 0.15) is 19.8 Å². The monoisotopic (exact) mass is 812 g/mol. The van der Waals surface area contributed by atoms with Gasteiger partial charge in [0, 0.05) is 43.0 Å². The van der Waals surface area contributed by atoms with Crippen LogP contribution in [-0.4, -0.2) is 149 Å². The second-order valence-corrected chi connectivity index (χ2v) is 17.2. The number of ether oxygens (including phenoxy) is 9. The van der Waals surface area contributed by atoms with Crippen molar-refractivity contribution in [3.05, 3.63) is 0 Å². The first-order valence-corrected chi connectivity index (χ1v) is 21.7. The zero-order chi connectivity index (χ0) is 40.7. The third kappa shape index (κ3) is 10.5. The number of carbonyl (C=O) groups is 3. The summed E-state index contributed by atoms with van der Waals surface area (Å²) in [5, 5.41) is 22.7. The third-order valence-corrected chi connectivity index (χ3v) is 13.6. The molecule has 3 aliphatic heterocycles. The second kappa shape index (κ2) is 20.5. The molecule has 6 saturated carbocycles. The molecule has 0 aromatic heterocycles. The van der Waals surface area contributed by atoms with Crippen LogP contribution in [-0.2, 0) is 57.0 Å². The Morgan fingerprint density at radius 1 is 0.474 bits per heavy atom. The fraction of sp³-hybridized carbons (Fsp3) is 0.929. The van der Waals surface area contributed by atoms with Crippen molar-refractivity contribution >= 4 is 17.9 Å². The fourth-order valence-corrected chi connectivity index (χ4v) is 10.8. The average Bonchev–Trinajstić information content (AvgIpc) is 4.14. The van der Waals surface area contributed by atoms with Crippen LogP contribution in [0.15, 0.2) is 0 Å². The van der Waals surface area contributed by atoms with Crippen LogP contribution in [0.25, 0.3) is 0 Å². The zero-order valence-corrected chi connectivity index (χ0v) is 34.3. The molecule has 9 aliphatic rings. The van der Waals surface area contributed by atoms with Crippen molar-refractivity contribution in [3.8, 4) is 0 Å². The largest absolute Gasteiger partial charge is 0.463 e. The molecule has 0 radical (unpaired) electrons. The second-order valence-electron chi connectivity index (χ2n) is 17.2. The Morgan fingerprint density at radius 2 is 0.754 bits per heavy atom. The van der Waals surface area contributed by atoms with E-state index in [2.05, 4.69) is 6.92 Å². The molecule has 57 heavy (non-hydrogen) atoms. The van der Waals surface area contributed by atoms with Crippen LogP contribution in [0.1, 0.15) is 72.6 Å². The minimum atomic E-state index is -0.479. The van der Waals surface area contributed by atoms with Crippen molar-refractivity contribution in [1.29, 1.82) is 0 Å². The first kappa shape index (κ1) is 44.6. The number of hydrogen-bond acceptors (Lipinski definition) is 15. The molecule has 9 rings (SSSR count). The Kier molecular flexibility index (Phi) is 16.1. The van der Waals surface area contributed by atoms with Crippen LogP contribution in [0.4, 0.5) is 0 Å². The summed E-state index contributed by atoms with van der Waals surface area (Å²) in [5.41, 5.74) is -0.479. The lowest BCUT2D eigenvalue weighted by atomic mass is 9.88. The van der Waals surface area contributed by atoms with E-state index in [1.54, 1.807) is 20.8 Å². The van der Waals surface area contributed by atoms with Crippen LogP contribution < -0.4 is 0 Å². The molecule has 0 amide bonds. The van der Waals surface area contributed by atoms with Crippen LogP contribution in [0.2, 0.25) is 0 Å². The highest BCUT2D eigenvalue weighted by Crippen LogP contribution is 2.60. The van der Waals surface area contributed by atoms with E-state index in [1.807, 2.05) is 0 Å². The normalized spacial score (nSPS) is 39.1. The number of epoxide rings is 3. The van der Waals surface area contributed by atoms with Gasteiger partial charge in [-0.15, -0.1) is 0 Å². The zero-order valence-electron chi connectivity index (χ0n) is 34.3. The van der Waals surface area contributed by atoms with Crippen LogP contribution in [0.3, 0.4) is 0 Å². The third-order valence-electron chi connectivity index (χ3n) is 13.6. The summed E-state index contributed by atoms with van der Waals surface area (Å²) in [6.45, 7) is 10.3. The SMILES string of the molecule is CCC(COCCOC(=O)C1CC2CC1C1OC21)(COCCOC(=O)C1CC2CC1C1OC21)COCCOC(=O)C1CC2CC1C1OC21.CCO.CCO.CCO. The molecule has 9 fully saturated rings. The van der Waals surface area contributed by atoms with Gasteiger partial charge in [0.05, 0.1) is 94.0 Å². The molecule has 6 bridgehead atoms. The van der Waals surface area contributed by atoms with Gasteiger partial charge in [0.25, 0.3) is 0 Å². The highest BCUT2D eigenvalue weighted by atomic mass is 16.6. The number of rotatable bonds is 19. The predicted octanol–water partition coefficient (Wildman–Crippen LogP) is 2.33. The number of carbonyl (C=O) groups excluding carboxylic acids is 3. The minimum Gasteiger partial charge on any atom is -0.463 e. The van der Waals surface area contributed by atoms with E-state index < -0.39 is 5.41 Å². The quantitative estimate of drug-likeness (QED) is 0.0741. The molecular formula is C42H68O15. The molecule has 0 aromatic carbocycles. The number of aliphatic hydroxyl groups excluding tert-OH is 3. The molecule has 0 aromatic rings. The Bertz CT molecular complexity index is 1160. The van der Waals surface area contributed by atoms with Gasteiger partial charge >= 0.3 is 17.9 Å². The van der Waals surface area contributed by atoms with Gasteiger partial charge in [0.15, 0.2) is 0 Å². The molecule has 15 nitrogen and oxygen atoms in total. The van der Waals surface area contributed by atoms with Gasteiger partial charge in [-0.1, -0.05) is 6.92 Å².